The summed E-state index contributed by atoms with van der Waals surface area (Å²) < 4.78 is 12.9. The summed E-state index contributed by atoms with van der Waals surface area (Å²) in [4.78, 5) is 2.25. The zero-order valence-corrected chi connectivity index (χ0v) is 19.1. The smallest absolute Gasteiger partial charge is 0.125 e. The highest BCUT2D eigenvalue weighted by Gasteiger charge is 2.24. The number of hydrogen-bond donors (Lipinski definition) is 1. The van der Waals surface area contributed by atoms with Crippen molar-refractivity contribution >= 4 is 28.3 Å². The third kappa shape index (κ3) is 6.19. The molecule has 1 aliphatic heterocycles. The van der Waals surface area contributed by atoms with Crippen LogP contribution in [0.2, 0.25) is 0 Å². The summed E-state index contributed by atoms with van der Waals surface area (Å²) in [5.74, 6) is 0.884. The van der Waals surface area contributed by atoms with Crippen LogP contribution in [0.25, 0.3) is 0 Å². The van der Waals surface area contributed by atoms with E-state index in [4.69, 9.17) is 9.47 Å². The standard InChI is InChI=1S/C22H28BrNO3.ClH/c1-15-10-16(2)22(17(3)11-15)27-14-20(25)12-24-8-9-26-21(13-24)18-4-6-19(23)7-5-18;/h4-7,10-11,20-21,25H,8-9,12-14H2,1-3H3;1H. The van der Waals surface area contributed by atoms with Crippen LogP contribution >= 0.6 is 28.3 Å². The molecule has 2 aromatic carbocycles. The van der Waals surface area contributed by atoms with Crippen LogP contribution in [0.5, 0.6) is 5.75 Å². The van der Waals surface area contributed by atoms with E-state index >= 15 is 0 Å². The maximum atomic E-state index is 10.5. The van der Waals surface area contributed by atoms with Crippen molar-refractivity contribution < 1.29 is 14.6 Å². The van der Waals surface area contributed by atoms with E-state index in [-0.39, 0.29) is 18.5 Å². The number of β-amino-alcohol motifs (C(OH)–C–C–N with tert-alkyl or cyclic N) is 1. The molecular formula is C22H29BrClNO3. The van der Waals surface area contributed by atoms with Crippen LogP contribution in [0.15, 0.2) is 40.9 Å². The monoisotopic (exact) mass is 469 g/mol. The summed E-state index contributed by atoms with van der Waals surface area (Å²) in [5, 5.41) is 10.5. The molecule has 3 rings (SSSR count). The van der Waals surface area contributed by atoms with E-state index in [1.54, 1.807) is 0 Å². The Morgan fingerprint density at radius 2 is 1.82 bits per heavy atom. The molecule has 2 aromatic rings. The van der Waals surface area contributed by atoms with Crippen molar-refractivity contribution in [1.29, 1.82) is 0 Å². The van der Waals surface area contributed by atoms with Crippen molar-refractivity contribution in [3.05, 3.63) is 63.1 Å². The molecule has 4 nitrogen and oxygen atoms in total. The predicted octanol–water partition coefficient (Wildman–Crippen LogP) is 4.61. The fraction of sp³-hybridized carbons (Fsp3) is 0.455. The minimum Gasteiger partial charge on any atom is -0.490 e. The number of nitrogens with zero attached hydrogens (tertiary/aromatic N) is 1. The topological polar surface area (TPSA) is 41.9 Å². The minimum absolute atomic E-state index is 0. The summed E-state index contributed by atoms with van der Waals surface area (Å²) in [6, 6.07) is 12.5. The number of rotatable bonds is 6. The summed E-state index contributed by atoms with van der Waals surface area (Å²) in [6.07, 6.45) is -0.490. The highest BCUT2D eigenvalue weighted by molar-refractivity contribution is 9.10. The van der Waals surface area contributed by atoms with Crippen LogP contribution in [-0.4, -0.2) is 49.0 Å². The highest BCUT2D eigenvalue weighted by atomic mass is 79.9. The summed E-state index contributed by atoms with van der Waals surface area (Å²) in [6.45, 7) is 9.34. The lowest BCUT2D eigenvalue weighted by atomic mass is 10.1. The molecular weight excluding hydrogens is 442 g/mol. The molecule has 2 atom stereocenters. The lowest BCUT2D eigenvalue weighted by molar-refractivity contribution is -0.0459. The van der Waals surface area contributed by atoms with E-state index in [1.807, 2.05) is 26.0 Å². The van der Waals surface area contributed by atoms with Crippen molar-refractivity contribution in [2.24, 2.45) is 0 Å². The van der Waals surface area contributed by atoms with Gasteiger partial charge in [0.1, 0.15) is 18.5 Å². The number of morpholine rings is 1. The molecule has 0 aliphatic carbocycles. The third-order valence-electron chi connectivity index (χ3n) is 4.89. The second-order valence-electron chi connectivity index (χ2n) is 7.36. The second-order valence-corrected chi connectivity index (χ2v) is 8.28. The lowest BCUT2D eigenvalue weighted by Gasteiger charge is -2.34. The predicted molar refractivity (Wildman–Crippen MR) is 119 cm³/mol. The first kappa shape index (κ1) is 23.2. The van der Waals surface area contributed by atoms with Gasteiger partial charge in [0.15, 0.2) is 0 Å². The van der Waals surface area contributed by atoms with Gasteiger partial charge < -0.3 is 14.6 Å². The highest BCUT2D eigenvalue weighted by Crippen LogP contribution is 2.26. The van der Waals surface area contributed by atoms with E-state index in [2.05, 4.69) is 52.0 Å². The Morgan fingerprint density at radius 3 is 2.46 bits per heavy atom. The second kappa shape index (κ2) is 10.6. The molecule has 0 bridgehead atoms. The maximum absolute atomic E-state index is 10.5. The Hall–Kier alpha value is -1.11. The fourth-order valence-electron chi connectivity index (χ4n) is 3.67. The largest absolute Gasteiger partial charge is 0.490 e. The number of halogens is 2. The summed E-state index contributed by atoms with van der Waals surface area (Å²) >= 11 is 3.47. The van der Waals surface area contributed by atoms with E-state index in [0.29, 0.717) is 19.8 Å². The summed E-state index contributed by atoms with van der Waals surface area (Å²) in [7, 11) is 0. The maximum Gasteiger partial charge on any atom is 0.125 e. The molecule has 1 saturated heterocycles. The van der Waals surface area contributed by atoms with Crippen molar-refractivity contribution in [3.8, 4) is 5.75 Å². The average Bonchev–Trinajstić information content (AvgIpc) is 2.61. The van der Waals surface area contributed by atoms with E-state index < -0.39 is 6.10 Å². The number of aliphatic hydroxyl groups excluding tert-OH is 1. The van der Waals surface area contributed by atoms with Gasteiger partial charge in [0, 0.05) is 24.1 Å². The van der Waals surface area contributed by atoms with Crippen LogP contribution in [0.4, 0.5) is 0 Å². The van der Waals surface area contributed by atoms with E-state index in [9.17, 15) is 5.11 Å². The van der Waals surface area contributed by atoms with Gasteiger partial charge in [-0.2, -0.15) is 0 Å². The van der Waals surface area contributed by atoms with Gasteiger partial charge in [-0.1, -0.05) is 45.8 Å². The van der Waals surface area contributed by atoms with Crippen LogP contribution in [0, 0.1) is 20.8 Å². The first-order valence-corrected chi connectivity index (χ1v) is 10.2. The fourth-order valence-corrected chi connectivity index (χ4v) is 3.94. The lowest BCUT2D eigenvalue weighted by Crippen LogP contribution is -2.43. The molecule has 0 aromatic heterocycles. The van der Waals surface area contributed by atoms with Gasteiger partial charge in [-0.05, 0) is 49.6 Å². The van der Waals surface area contributed by atoms with Crippen molar-refractivity contribution in [1.82, 2.24) is 4.90 Å². The SMILES string of the molecule is Cc1cc(C)c(OCC(O)CN2CCOC(c3ccc(Br)cc3)C2)c(C)c1.Cl. The number of hydrogen-bond acceptors (Lipinski definition) is 4. The molecule has 0 radical (unpaired) electrons. The number of aliphatic hydroxyl groups is 1. The van der Waals surface area contributed by atoms with Crippen molar-refractivity contribution in [3.63, 3.8) is 0 Å². The van der Waals surface area contributed by atoms with Crippen molar-refractivity contribution in [2.45, 2.75) is 33.0 Å². The molecule has 28 heavy (non-hydrogen) atoms. The quantitative estimate of drug-likeness (QED) is 0.669. The molecule has 6 heteroatoms. The Morgan fingerprint density at radius 1 is 1.18 bits per heavy atom. The Labute approximate surface area is 182 Å². The Balaban J connectivity index is 0.00000280. The van der Waals surface area contributed by atoms with Gasteiger partial charge in [-0.3, -0.25) is 4.90 Å². The molecule has 1 fully saturated rings. The third-order valence-corrected chi connectivity index (χ3v) is 5.41. The molecule has 1 heterocycles. The Kier molecular flexibility index (Phi) is 8.78. The first-order valence-electron chi connectivity index (χ1n) is 9.40. The molecule has 154 valence electrons. The van der Waals surface area contributed by atoms with Gasteiger partial charge >= 0.3 is 0 Å². The van der Waals surface area contributed by atoms with Gasteiger partial charge in [0.25, 0.3) is 0 Å². The van der Waals surface area contributed by atoms with E-state index in [0.717, 1.165) is 34.4 Å². The molecule has 1 aliphatic rings. The minimum atomic E-state index is -0.534. The molecule has 0 amide bonds. The van der Waals surface area contributed by atoms with E-state index in [1.165, 1.54) is 11.1 Å². The molecule has 0 saturated carbocycles. The Bertz CT molecular complexity index is 746. The van der Waals surface area contributed by atoms with Crippen LogP contribution in [-0.2, 0) is 4.74 Å². The van der Waals surface area contributed by atoms with Crippen LogP contribution < -0.4 is 4.74 Å². The number of benzene rings is 2. The summed E-state index contributed by atoms with van der Waals surface area (Å²) in [5.41, 5.74) is 4.62. The van der Waals surface area contributed by atoms with Crippen LogP contribution in [0.3, 0.4) is 0 Å². The van der Waals surface area contributed by atoms with Crippen molar-refractivity contribution in [2.75, 3.05) is 32.8 Å². The molecule has 0 spiro atoms. The molecule has 1 N–H and O–H groups in total. The van der Waals surface area contributed by atoms with Crippen LogP contribution in [0.1, 0.15) is 28.4 Å². The van der Waals surface area contributed by atoms with Gasteiger partial charge in [0.05, 0.1) is 12.7 Å². The number of ether oxygens (including phenoxy) is 2. The number of aryl methyl sites for hydroxylation is 3. The molecule has 2 unspecified atom stereocenters. The zero-order chi connectivity index (χ0) is 19.4. The van der Waals surface area contributed by atoms with Gasteiger partial charge in [-0.15, -0.1) is 12.4 Å². The zero-order valence-electron chi connectivity index (χ0n) is 16.7. The average molecular weight is 471 g/mol. The van der Waals surface area contributed by atoms with Gasteiger partial charge in [-0.25, -0.2) is 0 Å². The normalized spacial score (nSPS) is 18.4. The van der Waals surface area contributed by atoms with Gasteiger partial charge in [0.2, 0.25) is 0 Å². The first-order chi connectivity index (χ1) is 12.9.